The quantitative estimate of drug-likeness (QED) is 0.818. The van der Waals surface area contributed by atoms with Crippen LogP contribution in [0.25, 0.3) is 0 Å². The second kappa shape index (κ2) is 5.71. The summed E-state index contributed by atoms with van der Waals surface area (Å²) in [7, 11) is 1.98. The summed E-state index contributed by atoms with van der Waals surface area (Å²) in [6.45, 7) is 10.8. The van der Waals surface area contributed by atoms with Gasteiger partial charge in [-0.15, -0.1) is 0 Å². The SMILES string of the molecule is Cc1nn(C)c(N2CCN(CC(C)(C)O)CC2)c1CN. The fraction of sp³-hybridized carbons (Fsp3) is 0.786. The summed E-state index contributed by atoms with van der Waals surface area (Å²) in [6.07, 6.45) is 0. The third-order valence-corrected chi connectivity index (χ3v) is 3.80. The Bertz CT molecular complexity index is 455. The lowest BCUT2D eigenvalue weighted by Crippen LogP contribution is -2.51. The van der Waals surface area contributed by atoms with Crippen LogP contribution in [0.2, 0.25) is 0 Å². The highest BCUT2D eigenvalue weighted by Crippen LogP contribution is 2.24. The van der Waals surface area contributed by atoms with E-state index in [4.69, 9.17) is 5.73 Å². The van der Waals surface area contributed by atoms with Crippen molar-refractivity contribution in [1.29, 1.82) is 0 Å². The van der Waals surface area contributed by atoms with E-state index in [0.29, 0.717) is 6.54 Å². The predicted molar refractivity (Wildman–Crippen MR) is 80.8 cm³/mol. The van der Waals surface area contributed by atoms with Crippen LogP contribution in [0, 0.1) is 6.92 Å². The first-order chi connectivity index (χ1) is 9.31. The van der Waals surface area contributed by atoms with E-state index in [2.05, 4.69) is 14.9 Å². The highest BCUT2D eigenvalue weighted by atomic mass is 16.3. The van der Waals surface area contributed by atoms with Crippen LogP contribution in [0.4, 0.5) is 5.82 Å². The lowest BCUT2D eigenvalue weighted by Gasteiger charge is -2.38. The van der Waals surface area contributed by atoms with Crippen molar-refractivity contribution in [3.8, 4) is 0 Å². The normalized spacial score (nSPS) is 17.8. The Kier molecular flexibility index (Phi) is 4.36. The van der Waals surface area contributed by atoms with Gasteiger partial charge in [0.15, 0.2) is 0 Å². The third-order valence-electron chi connectivity index (χ3n) is 3.80. The van der Waals surface area contributed by atoms with Gasteiger partial charge in [0.2, 0.25) is 0 Å². The van der Waals surface area contributed by atoms with Crippen LogP contribution in [0.5, 0.6) is 0 Å². The summed E-state index contributed by atoms with van der Waals surface area (Å²) in [4.78, 5) is 4.66. The number of nitrogens with two attached hydrogens (primary N) is 1. The van der Waals surface area contributed by atoms with Gasteiger partial charge < -0.3 is 15.7 Å². The fourth-order valence-electron chi connectivity index (χ4n) is 2.99. The van der Waals surface area contributed by atoms with Crippen molar-refractivity contribution in [2.75, 3.05) is 37.6 Å². The molecule has 0 spiro atoms. The van der Waals surface area contributed by atoms with Crippen LogP contribution in [-0.4, -0.2) is 58.1 Å². The molecule has 6 nitrogen and oxygen atoms in total. The molecule has 0 aliphatic carbocycles. The number of rotatable bonds is 4. The van der Waals surface area contributed by atoms with E-state index < -0.39 is 5.60 Å². The van der Waals surface area contributed by atoms with Crippen LogP contribution in [0.3, 0.4) is 0 Å². The predicted octanol–water partition coefficient (Wildman–Crippen LogP) is 0.0801. The van der Waals surface area contributed by atoms with Crippen LogP contribution in [0.15, 0.2) is 0 Å². The zero-order valence-electron chi connectivity index (χ0n) is 13.1. The standard InChI is InChI=1S/C14H27N5O/c1-11-12(9-15)13(17(4)16-11)19-7-5-18(6-8-19)10-14(2,3)20/h20H,5-10,15H2,1-4H3. The summed E-state index contributed by atoms with van der Waals surface area (Å²) in [5, 5.41) is 14.4. The molecular formula is C14H27N5O. The molecule has 0 aromatic carbocycles. The lowest BCUT2D eigenvalue weighted by molar-refractivity contribution is 0.0344. The molecule has 6 heteroatoms. The molecule has 0 bridgehead atoms. The first-order valence-electron chi connectivity index (χ1n) is 7.24. The minimum absolute atomic E-state index is 0.527. The van der Waals surface area contributed by atoms with Crippen molar-refractivity contribution in [3.63, 3.8) is 0 Å². The van der Waals surface area contributed by atoms with Crippen LogP contribution >= 0.6 is 0 Å². The molecule has 2 heterocycles. The molecule has 2 rings (SSSR count). The van der Waals surface area contributed by atoms with Gasteiger partial charge in [0.25, 0.3) is 0 Å². The van der Waals surface area contributed by atoms with Gasteiger partial charge in [0, 0.05) is 51.9 Å². The molecular weight excluding hydrogens is 254 g/mol. The van der Waals surface area contributed by atoms with E-state index in [9.17, 15) is 5.11 Å². The monoisotopic (exact) mass is 281 g/mol. The molecule has 0 radical (unpaired) electrons. The molecule has 1 aromatic heterocycles. The number of aryl methyl sites for hydroxylation is 2. The van der Waals surface area contributed by atoms with E-state index in [1.807, 2.05) is 32.5 Å². The van der Waals surface area contributed by atoms with Crippen molar-refractivity contribution in [2.24, 2.45) is 12.8 Å². The maximum Gasteiger partial charge on any atom is 0.131 e. The number of β-amino-alcohol motifs (C(OH)–C–C–N with tert-alkyl or cyclic N) is 1. The Balaban J connectivity index is 2.04. The van der Waals surface area contributed by atoms with E-state index in [0.717, 1.165) is 49.8 Å². The Hall–Kier alpha value is -1.11. The van der Waals surface area contributed by atoms with E-state index in [1.54, 1.807) is 0 Å². The molecule has 0 amide bonds. The first-order valence-corrected chi connectivity index (χ1v) is 7.24. The molecule has 1 aliphatic heterocycles. The van der Waals surface area contributed by atoms with Gasteiger partial charge >= 0.3 is 0 Å². The molecule has 0 saturated carbocycles. The number of aromatic nitrogens is 2. The number of hydrogen-bond donors (Lipinski definition) is 2. The highest BCUT2D eigenvalue weighted by Gasteiger charge is 2.25. The lowest BCUT2D eigenvalue weighted by atomic mass is 10.1. The number of aliphatic hydroxyl groups is 1. The van der Waals surface area contributed by atoms with Crippen molar-refractivity contribution >= 4 is 5.82 Å². The average molecular weight is 281 g/mol. The Morgan fingerprint density at radius 2 is 1.85 bits per heavy atom. The molecule has 1 aromatic rings. The smallest absolute Gasteiger partial charge is 0.131 e. The topological polar surface area (TPSA) is 70.5 Å². The van der Waals surface area contributed by atoms with Gasteiger partial charge in [-0.1, -0.05) is 0 Å². The van der Waals surface area contributed by atoms with Crippen molar-refractivity contribution in [3.05, 3.63) is 11.3 Å². The van der Waals surface area contributed by atoms with Gasteiger partial charge in [-0.25, -0.2) is 0 Å². The highest BCUT2D eigenvalue weighted by molar-refractivity contribution is 5.50. The maximum absolute atomic E-state index is 9.90. The second-order valence-electron chi connectivity index (χ2n) is 6.29. The van der Waals surface area contributed by atoms with Crippen LogP contribution in [-0.2, 0) is 13.6 Å². The summed E-state index contributed by atoms with van der Waals surface area (Å²) in [5.74, 6) is 1.15. The number of hydrogen-bond acceptors (Lipinski definition) is 5. The van der Waals surface area contributed by atoms with Gasteiger partial charge in [-0.2, -0.15) is 5.10 Å². The number of anilines is 1. The van der Waals surface area contributed by atoms with Crippen LogP contribution < -0.4 is 10.6 Å². The van der Waals surface area contributed by atoms with Crippen LogP contribution in [0.1, 0.15) is 25.1 Å². The molecule has 1 aliphatic rings. The first kappa shape index (κ1) is 15.3. The molecule has 20 heavy (non-hydrogen) atoms. The van der Waals surface area contributed by atoms with Crippen molar-refractivity contribution < 1.29 is 5.11 Å². The fourth-order valence-corrected chi connectivity index (χ4v) is 2.99. The van der Waals surface area contributed by atoms with E-state index in [1.165, 1.54) is 0 Å². The molecule has 3 N–H and O–H groups in total. The zero-order valence-corrected chi connectivity index (χ0v) is 13.1. The maximum atomic E-state index is 9.90. The summed E-state index contributed by atoms with van der Waals surface area (Å²) in [5.41, 5.74) is 7.39. The Morgan fingerprint density at radius 1 is 1.25 bits per heavy atom. The van der Waals surface area contributed by atoms with E-state index >= 15 is 0 Å². The summed E-state index contributed by atoms with van der Waals surface area (Å²) < 4.78 is 1.93. The Labute approximate surface area is 121 Å². The Morgan fingerprint density at radius 3 is 2.35 bits per heavy atom. The average Bonchev–Trinajstić information content (AvgIpc) is 2.62. The van der Waals surface area contributed by atoms with Crippen molar-refractivity contribution in [2.45, 2.75) is 32.9 Å². The van der Waals surface area contributed by atoms with Crippen molar-refractivity contribution in [1.82, 2.24) is 14.7 Å². The number of nitrogens with zero attached hydrogens (tertiary/aromatic N) is 4. The molecule has 1 saturated heterocycles. The second-order valence-corrected chi connectivity index (χ2v) is 6.29. The van der Waals surface area contributed by atoms with E-state index in [-0.39, 0.29) is 0 Å². The summed E-state index contributed by atoms with van der Waals surface area (Å²) in [6, 6.07) is 0. The molecule has 1 fully saturated rings. The minimum Gasteiger partial charge on any atom is -0.389 e. The molecule has 114 valence electrons. The molecule has 0 unspecified atom stereocenters. The molecule has 0 atom stereocenters. The largest absolute Gasteiger partial charge is 0.389 e. The van der Waals surface area contributed by atoms with Gasteiger partial charge in [-0.3, -0.25) is 9.58 Å². The number of piperazine rings is 1. The van der Waals surface area contributed by atoms with Gasteiger partial charge in [0.1, 0.15) is 5.82 Å². The third kappa shape index (κ3) is 3.31. The zero-order chi connectivity index (χ0) is 14.9. The van der Waals surface area contributed by atoms with Gasteiger partial charge in [-0.05, 0) is 20.8 Å². The minimum atomic E-state index is -0.631. The summed E-state index contributed by atoms with van der Waals surface area (Å²) >= 11 is 0. The van der Waals surface area contributed by atoms with Gasteiger partial charge in [0.05, 0.1) is 11.3 Å².